The summed E-state index contributed by atoms with van der Waals surface area (Å²) in [5.41, 5.74) is 7.71. The van der Waals surface area contributed by atoms with E-state index in [1.165, 1.54) is 5.56 Å². The van der Waals surface area contributed by atoms with E-state index >= 15 is 0 Å². The maximum atomic E-state index is 10.9. The van der Waals surface area contributed by atoms with Gasteiger partial charge in [0.1, 0.15) is 5.75 Å². The first-order valence-electron chi connectivity index (χ1n) is 9.34. The largest absolute Gasteiger partial charge is 0.508 e. The Morgan fingerprint density at radius 1 is 0.593 bits per heavy atom. The molecule has 1 N–H and O–H groups in total. The third kappa shape index (κ3) is 3.24. The molecule has 0 saturated carbocycles. The molecule has 1 nitrogen and oxygen atoms in total. The number of aromatic hydroxyl groups is 1. The van der Waals surface area contributed by atoms with Crippen molar-refractivity contribution < 1.29 is 5.11 Å². The molecule has 4 aromatic rings. The smallest absolute Gasteiger partial charge is 0.120 e. The number of phenolic OH excluding ortho intramolecular Hbond substituents is 1. The quantitative estimate of drug-likeness (QED) is 0.422. The maximum absolute atomic E-state index is 10.9. The average molecular weight is 350 g/mol. The lowest BCUT2D eigenvalue weighted by Crippen LogP contribution is -1.97. The molecule has 0 aliphatic heterocycles. The zero-order valence-electron chi connectivity index (χ0n) is 15.4. The fraction of sp³-hybridized carbons (Fsp3) is 0.0769. The molecule has 0 radical (unpaired) electrons. The fourth-order valence-corrected chi connectivity index (χ4v) is 3.74. The SMILES string of the molecule is CCc1c(O)cc(-c2ccccc2)c(-c2ccccc2)c1-c1ccccc1. The summed E-state index contributed by atoms with van der Waals surface area (Å²) in [5.74, 6) is 0.356. The Morgan fingerprint density at radius 3 is 1.52 bits per heavy atom. The van der Waals surface area contributed by atoms with Gasteiger partial charge < -0.3 is 5.11 Å². The molecular formula is C26H22O. The minimum absolute atomic E-state index is 0.356. The van der Waals surface area contributed by atoms with Crippen LogP contribution in [0.2, 0.25) is 0 Å². The molecule has 0 bridgehead atoms. The van der Waals surface area contributed by atoms with Crippen molar-refractivity contribution in [2.75, 3.05) is 0 Å². The molecular weight excluding hydrogens is 328 g/mol. The molecule has 0 heterocycles. The van der Waals surface area contributed by atoms with Gasteiger partial charge in [0.25, 0.3) is 0 Å². The minimum Gasteiger partial charge on any atom is -0.508 e. The summed E-state index contributed by atoms with van der Waals surface area (Å²) in [5, 5.41) is 10.9. The second-order valence-corrected chi connectivity index (χ2v) is 6.62. The van der Waals surface area contributed by atoms with Gasteiger partial charge in [-0.25, -0.2) is 0 Å². The Bertz CT molecular complexity index is 1040. The summed E-state index contributed by atoms with van der Waals surface area (Å²) >= 11 is 0. The molecule has 27 heavy (non-hydrogen) atoms. The summed E-state index contributed by atoms with van der Waals surface area (Å²) in [7, 11) is 0. The molecule has 0 aromatic heterocycles. The third-order valence-corrected chi connectivity index (χ3v) is 4.97. The summed E-state index contributed by atoms with van der Waals surface area (Å²) in [6.45, 7) is 2.10. The van der Waals surface area contributed by atoms with Crippen molar-refractivity contribution in [3.05, 3.63) is 103 Å². The number of rotatable bonds is 4. The van der Waals surface area contributed by atoms with Crippen LogP contribution in [-0.4, -0.2) is 5.11 Å². The summed E-state index contributed by atoms with van der Waals surface area (Å²) < 4.78 is 0. The van der Waals surface area contributed by atoms with Crippen LogP contribution in [0.5, 0.6) is 5.75 Å². The van der Waals surface area contributed by atoms with Crippen molar-refractivity contribution >= 4 is 0 Å². The van der Waals surface area contributed by atoms with Gasteiger partial charge in [0, 0.05) is 5.56 Å². The van der Waals surface area contributed by atoms with E-state index in [4.69, 9.17) is 0 Å². The number of hydrogen-bond donors (Lipinski definition) is 1. The van der Waals surface area contributed by atoms with Crippen LogP contribution in [0.1, 0.15) is 12.5 Å². The first-order valence-corrected chi connectivity index (χ1v) is 9.34. The number of benzene rings is 4. The van der Waals surface area contributed by atoms with Gasteiger partial charge in [-0.1, -0.05) is 97.9 Å². The van der Waals surface area contributed by atoms with E-state index in [1.54, 1.807) is 0 Å². The van der Waals surface area contributed by atoms with Gasteiger partial charge in [-0.2, -0.15) is 0 Å². The van der Waals surface area contributed by atoms with Crippen molar-refractivity contribution in [2.24, 2.45) is 0 Å². The standard InChI is InChI=1S/C26H22O/c1-2-22-24(27)18-23(19-12-6-3-7-13-19)26(21-16-10-5-11-17-21)25(22)20-14-8-4-9-15-20/h3-18,27H,2H2,1H3. The normalized spacial score (nSPS) is 10.7. The molecule has 4 aromatic carbocycles. The highest BCUT2D eigenvalue weighted by atomic mass is 16.3. The van der Waals surface area contributed by atoms with Gasteiger partial charge in [-0.15, -0.1) is 0 Å². The molecule has 0 aliphatic rings. The van der Waals surface area contributed by atoms with Crippen LogP contribution in [0.15, 0.2) is 97.1 Å². The van der Waals surface area contributed by atoms with Gasteiger partial charge in [-0.3, -0.25) is 0 Å². The van der Waals surface area contributed by atoms with Gasteiger partial charge in [-0.05, 0) is 45.9 Å². The van der Waals surface area contributed by atoms with Crippen molar-refractivity contribution in [2.45, 2.75) is 13.3 Å². The zero-order chi connectivity index (χ0) is 18.6. The molecule has 0 spiro atoms. The van der Waals surface area contributed by atoms with Crippen LogP contribution in [0, 0.1) is 0 Å². The van der Waals surface area contributed by atoms with Gasteiger partial charge in [0.2, 0.25) is 0 Å². The van der Waals surface area contributed by atoms with Crippen LogP contribution in [-0.2, 0) is 6.42 Å². The molecule has 0 aliphatic carbocycles. The minimum atomic E-state index is 0.356. The Hall–Kier alpha value is -3.32. The molecule has 0 unspecified atom stereocenters. The molecule has 0 fully saturated rings. The Labute approximate surface area is 160 Å². The van der Waals surface area contributed by atoms with E-state index in [0.717, 1.165) is 39.8 Å². The molecule has 0 atom stereocenters. The highest BCUT2D eigenvalue weighted by Gasteiger charge is 2.20. The monoisotopic (exact) mass is 350 g/mol. The molecule has 0 amide bonds. The molecule has 132 valence electrons. The lowest BCUT2D eigenvalue weighted by atomic mass is 9.83. The van der Waals surface area contributed by atoms with E-state index in [2.05, 4.69) is 67.6 Å². The van der Waals surface area contributed by atoms with Crippen molar-refractivity contribution in [3.8, 4) is 39.1 Å². The summed E-state index contributed by atoms with van der Waals surface area (Å²) in [4.78, 5) is 0. The number of hydrogen-bond acceptors (Lipinski definition) is 1. The number of phenols is 1. The summed E-state index contributed by atoms with van der Waals surface area (Å²) in [6, 6.07) is 33.0. The summed E-state index contributed by atoms with van der Waals surface area (Å²) in [6.07, 6.45) is 0.769. The van der Waals surface area contributed by atoms with Gasteiger partial charge in [0.05, 0.1) is 0 Å². The van der Waals surface area contributed by atoms with E-state index in [9.17, 15) is 5.11 Å². The van der Waals surface area contributed by atoms with E-state index in [1.807, 2.05) is 36.4 Å². The van der Waals surface area contributed by atoms with Crippen molar-refractivity contribution in [3.63, 3.8) is 0 Å². The topological polar surface area (TPSA) is 20.2 Å². The van der Waals surface area contributed by atoms with Gasteiger partial charge >= 0.3 is 0 Å². The fourth-order valence-electron chi connectivity index (χ4n) is 3.74. The molecule has 0 saturated heterocycles. The Balaban J connectivity index is 2.14. The second-order valence-electron chi connectivity index (χ2n) is 6.62. The average Bonchev–Trinajstić information content (AvgIpc) is 2.75. The lowest BCUT2D eigenvalue weighted by Gasteiger charge is -2.21. The van der Waals surface area contributed by atoms with Crippen LogP contribution < -0.4 is 0 Å². The highest BCUT2D eigenvalue weighted by molar-refractivity contribution is 5.97. The van der Waals surface area contributed by atoms with Crippen molar-refractivity contribution in [1.82, 2.24) is 0 Å². The van der Waals surface area contributed by atoms with Crippen LogP contribution >= 0.6 is 0 Å². The van der Waals surface area contributed by atoms with Crippen LogP contribution in [0.25, 0.3) is 33.4 Å². The van der Waals surface area contributed by atoms with Gasteiger partial charge in [0.15, 0.2) is 0 Å². The van der Waals surface area contributed by atoms with Crippen molar-refractivity contribution in [1.29, 1.82) is 0 Å². The Kier molecular flexibility index (Phi) is 4.76. The van der Waals surface area contributed by atoms with E-state index < -0.39 is 0 Å². The lowest BCUT2D eigenvalue weighted by molar-refractivity contribution is 0.469. The zero-order valence-corrected chi connectivity index (χ0v) is 15.4. The highest BCUT2D eigenvalue weighted by Crippen LogP contribution is 2.45. The first-order chi connectivity index (χ1) is 13.3. The Morgan fingerprint density at radius 2 is 1.04 bits per heavy atom. The molecule has 4 rings (SSSR count). The predicted octanol–water partition coefficient (Wildman–Crippen LogP) is 6.96. The van der Waals surface area contributed by atoms with E-state index in [0.29, 0.717) is 5.75 Å². The third-order valence-electron chi connectivity index (χ3n) is 4.97. The maximum Gasteiger partial charge on any atom is 0.120 e. The second kappa shape index (κ2) is 7.51. The van der Waals surface area contributed by atoms with E-state index in [-0.39, 0.29) is 0 Å². The first kappa shape index (κ1) is 17.1. The molecule has 1 heteroatoms. The van der Waals surface area contributed by atoms with Crippen LogP contribution in [0.4, 0.5) is 0 Å². The predicted molar refractivity (Wildman–Crippen MR) is 114 cm³/mol. The van der Waals surface area contributed by atoms with Crippen LogP contribution in [0.3, 0.4) is 0 Å².